The Labute approximate surface area is 68.9 Å². The van der Waals surface area contributed by atoms with E-state index in [-0.39, 0.29) is 5.97 Å². The van der Waals surface area contributed by atoms with Crippen LogP contribution in [0.5, 0.6) is 0 Å². The third kappa shape index (κ3) is 7.37. The van der Waals surface area contributed by atoms with Crippen LogP contribution >= 0.6 is 0 Å². The first kappa shape index (κ1) is 10.5. The molecular weight excluding hydrogens is 140 g/mol. The molecule has 0 amide bonds. The Hall–Kier alpha value is -0.530. The first-order chi connectivity index (χ1) is 5.31. The molecule has 2 heteroatoms. The highest BCUT2D eigenvalue weighted by Crippen LogP contribution is 2.00. The van der Waals surface area contributed by atoms with Gasteiger partial charge in [0.25, 0.3) is 0 Å². The summed E-state index contributed by atoms with van der Waals surface area (Å²) in [6.45, 7) is 6.15. The lowest BCUT2D eigenvalue weighted by atomic mass is 10.2. The van der Waals surface area contributed by atoms with Crippen molar-refractivity contribution < 1.29 is 9.53 Å². The molecule has 0 atom stereocenters. The van der Waals surface area contributed by atoms with Gasteiger partial charge in [-0.15, -0.1) is 0 Å². The van der Waals surface area contributed by atoms with Crippen LogP contribution in [-0.2, 0) is 9.53 Å². The van der Waals surface area contributed by atoms with Gasteiger partial charge in [-0.3, -0.25) is 4.79 Å². The molecule has 0 aromatic heterocycles. The van der Waals surface area contributed by atoms with Gasteiger partial charge in [0, 0.05) is 6.42 Å². The summed E-state index contributed by atoms with van der Waals surface area (Å²) in [6, 6.07) is 0. The van der Waals surface area contributed by atoms with Crippen LogP contribution in [-0.4, -0.2) is 12.6 Å². The average molecular weight is 157 g/mol. The molecule has 0 N–H and O–H groups in total. The molecule has 0 unspecified atom stereocenters. The second-order valence-corrected chi connectivity index (χ2v) is 2.53. The van der Waals surface area contributed by atoms with E-state index in [0.717, 1.165) is 19.3 Å². The molecule has 0 spiro atoms. The number of rotatable bonds is 6. The lowest BCUT2D eigenvalue weighted by Gasteiger charge is -2.01. The van der Waals surface area contributed by atoms with Crippen LogP contribution < -0.4 is 0 Å². The number of ether oxygens (including phenoxy) is 1. The second kappa shape index (κ2) is 7.58. The van der Waals surface area contributed by atoms with Gasteiger partial charge in [0.2, 0.25) is 0 Å². The maximum absolute atomic E-state index is 10.8. The number of hydrogen-bond donors (Lipinski definition) is 0. The number of carbonyl (C=O) groups is 1. The molecule has 0 aliphatic heterocycles. The number of hydrogen-bond acceptors (Lipinski definition) is 2. The van der Waals surface area contributed by atoms with Crippen molar-refractivity contribution in [3.8, 4) is 0 Å². The Morgan fingerprint density at radius 1 is 1.45 bits per heavy atom. The van der Waals surface area contributed by atoms with Crippen molar-refractivity contribution in [1.29, 1.82) is 0 Å². The fourth-order valence-corrected chi connectivity index (χ4v) is 0.778. The minimum Gasteiger partial charge on any atom is -0.466 e. The van der Waals surface area contributed by atoms with E-state index in [1.807, 2.05) is 0 Å². The van der Waals surface area contributed by atoms with Crippen molar-refractivity contribution in [2.45, 2.75) is 39.0 Å². The highest BCUT2D eigenvalue weighted by Gasteiger charge is 1.99. The van der Waals surface area contributed by atoms with Crippen LogP contribution in [0.4, 0.5) is 0 Å². The summed E-state index contributed by atoms with van der Waals surface area (Å²) in [4.78, 5) is 10.8. The standard InChI is InChI=1S/C9H17O2/c1-3-5-6-7-9(10)11-8-4-2/h2-8H2,1H3. The maximum atomic E-state index is 10.8. The zero-order valence-corrected chi connectivity index (χ0v) is 7.27. The Morgan fingerprint density at radius 2 is 2.18 bits per heavy atom. The molecule has 0 saturated carbocycles. The molecule has 0 rings (SSSR count). The molecule has 0 aliphatic carbocycles. The van der Waals surface area contributed by atoms with E-state index in [1.54, 1.807) is 0 Å². The molecule has 0 fully saturated rings. The van der Waals surface area contributed by atoms with Crippen LogP contribution in [0.25, 0.3) is 0 Å². The van der Waals surface area contributed by atoms with E-state index in [2.05, 4.69) is 13.8 Å². The zero-order valence-electron chi connectivity index (χ0n) is 7.27. The highest BCUT2D eigenvalue weighted by molar-refractivity contribution is 5.69. The van der Waals surface area contributed by atoms with Gasteiger partial charge in [-0.2, -0.15) is 0 Å². The Balaban J connectivity index is 3.09. The quantitative estimate of drug-likeness (QED) is 0.437. The van der Waals surface area contributed by atoms with Gasteiger partial charge in [0.1, 0.15) is 0 Å². The van der Waals surface area contributed by atoms with Gasteiger partial charge < -0.3 is 4.74 Å². The lowest BCUT2D eigenvalue weighted by Crippen LogP contribution is -2.04. The van der Waals surface area contributed by atoms with E-state index in [1.165, 1.54) is 0 Å². The van der Waals surface area contributed by atoms with Crippen LogP contribution in [0.3, 0.4) is 0 Å². The monoisotopic (exact) mass is 157 g/mol. The van der Waals surface area contributed by atoms with Crippen molar-refractivity contribution in [1.82, 2.24) is 0 Å². The molecule has 65 valence electrons. The van der Waals surface area contributed by atoms with Crippen LogP contribution in [0.2, 0.25) is 0 Å². The van der Waals surface area contributed by atoms with Crippen molar-refractivity contribution in [2.24, 2.45) is 0 Å². The normalized spacial score (nSPS) is 9.64. The zero-order chi connectivity index (χ0) is 8.53. The van der Waals surface area contributed by atoms with Gasteiger partial charge in [0.15, 0.2) is 0 Å². The SMILES string of the molecule is [CH2]CCOC(=O)CCCCC. The first-order valence-electron chi connectivity index (χ1n) is 4.26. The van der Waals surface area contributed by atoms with E-state index in [4.69, 9.17) is 4.74 Å². The average Bonchev–Trinajstić information content (AvgIpc) is 2.01. The highest BCUT2D eigenvalue weighted by atomic mass is 16.5. The van der Waals surface area contributed by atoms with Crippen molar-refractivity contribution in [3.05, 3.63) is 6.92 Å². The van der Waals surface area contributed by atoms with Crippen molar-refractivity contribution in [3.63, 3.8) is 0 Å². The van der Waals surface area contributed by atoms with E-state index in [0.29, 0.717) is 19.4 Å². The maximum Gasteiger partial charge on any atom is 0.305 e. The molecule has 11 heavy (non-hydrogen) atoms. The van der Waals surface area contributed by atoms with Crippen LogP contribution in [0.15, 0.2) is 0 Å². The van der Waals surface area contributed by atoms with E-state index < -0.39 is 0 Å². The molecule has 0 aliphatic rings. The van der Waals surface area contributed by atoms with Crippen LogP contribution in [0, 0.1) is 6.92 Å². The minimum absolute atomic E-state index is 0.0814. The number of carbonyl (C=O) groups excluding carboxylic acids is 1. The first-order valence-corrected chi connectivity index (χ1v) is 4.26. The second-order valence-electron chi connectivity index (χ2n) is 2.53. The van der Waals surface area contributed by atoms with Gasteiger partial charge in [-0.05, 0) is 19.8 Å². The van der Waals surface area contributed by atoms with E-state index >= 15 is 0 Å². The predicted octanol–water partition coefficient (Wildman–Crippen LogP) is 2.33. The molecular formula is C9H17O2. The summed E-state index contributed by atoms with van der Waals surface area (Å²) < 4.78 is 4.84. The van der Waals surface area contributed by atoms with Gasteiger partial charge in [0.05, 0.1) is 6.61 Å². The summed E-state index contributed by atoms with van der Waals surface area (Å²) >= 11 is 0. The molecule has 0 aromatic carbocycles. The van der Waals surface area contributed by atoms with Crippen molar-refractivity contribution in [2.75, 3.05) is 6.61 Å². The summed E-state index contributed by atoms with van der Waals surface area (Å²) in [6.07, 6.45) is 4.43. The van der Waals surface area contributed by atoms with Crippen LogP contribution in [0.1, 0.15) is 39.0 Å². The van der Waals surface area contributed by atoms with Crippen molar-refractivity contribution >= 4 is 5.97 Å². The fraction of sp³-hybridized carbons (Fsp3) is 0.778. The molecule has 0 saturated heterocycles. The third-order valence-electron chi connectivity index (χ3n) is 1.39. The predicted molar refractivity (Wildman–Crippen MR) is 45.1 cm³/mol. The topological polar surface area (TPSA) is 26.3 Å². The minimum atomic E-state index is -0.0814. The fourth-order valence-electron chi connectivity index (χ4n) is 0.778. The van der Waals surface area contributed by atoms with Gasteiger partial charge in [-0.1, -0.05) is 19.8 Å². The number of esters is 1. The van der Waals surface area contributed by atoms with Gasteiger partial charge in [-0.25, -0.2) is 0 Å². The summed E-state index contributed by atoms with van der Waals surface area (Å²) in [5.74, 6) is -0.0814. The molecule has 0 heterocycles. The summed E-state index contributed by atoms with van der Waals surface area (Å²) in [5, 5.41) is 0. The Bertz CT molecular complexity index is 99.7. The van der Waals surface area contributed by atoms with E-state index in [9.17, 15) is 4.79 Å². The molecule has 0 aromatic rings. The molecule has 0 bridgehead atoms. The third-order valence-corrected chi connectivity index (χ3v) is 1.39. The van der Waals surface area contributed by atoms with Gasteiger partial charge >= 0.3 is 5.97 Å². The number of unbranched alkanes of at least 4 members (excludes halogenated alkanes) is 2. The lowest BCUT2D eigenvalue weighted by molar-refractivity contribution is -0.143. The molecule has 2 nitrogen and oxygen atoms in total. The smallest absolute Gasteiger partial charge is 0.305 e. The molecule has 1 radical (unpaired) electrons. The largest absolute Gasteiger partial charge is 0.466 e. The summed E-state index contributed by atoms with van der Waals surface area (Å²) in [7, 11) is 0. The Morgan fingerprint density at radius 3 is 2.73 bits per heavy atom. The summed E-state index contributed by atoms with van der Waals surface area (Å²) in [5.41, 5.74) is 0. The Kier molecular flexibility index (Phi) is 7.21.